The average Bonchev–Trinajstić information content (AvgIpc) is 3.25. The zero-order valence-electron chi connectivity index (χ0n) is 19.0. The number of aliphatic hydroxyl groups is 1. The number of aromatic nitrogens is 2. The molecule has 0 radical (unpaired) electrons. The molecule has 2 heterocycles. The molecule has 5 nitrogen and oxygen atoms in total. The van der Waals surface area contributed by atoms with Gasteiger partial charge in [0.15, 0.2) is 0 Å². The number of imidazole rings is 1. The van der Waals surface area contributed by atoms with E-state index in [0.29, 0.717) is 6.61 Å². The molecule has 0 amide bonds. The Hall–Kier alpha value is -1.86. The van der Waals surface area contributed by atoms with E-state index in [4.69, 9.17) is 14.8 Å². The summed E-state index contributed by atoms with van der Waals surface area (Å²) in [5.74, 6) is 1.98. The number of hydrogen-bond acceptors (Lipinski definition) is 5. The maximum Gasteiger partial charge on any atom is 0.141 e. The summed E-state index contributed by atoms with van der Waals surface area (Å²) in [5.41, 5.74) is 3.19. The van der Waals surface area contributed by atoms with Crippen LogP contribution in [0, 0.1) is 0 Å². The Morgan fingerprint density at radius 3 is 2.72 bits per heavy atom. The molecule has 1 aromatic heterocycles. The number of rotatable bonds is 11. The highest BCUT2D eigenvalue weighted by molar-refractivity contribution is 7.99. The summed E-state index contributed by atoms with van der Waals surface area (Å²) in [6, 6.07) is 16.9. The van der Waals surface area contributed by atoms with Crippen LogP contribution < -0.4 is 0 Å². The molecule has 3 aromatic rings. The topological polar surface area (TPSA) is 61.4 Å². The van der Waals surface area contributed by atoms with E-state index in [1.807, 2.05) is 30.0 Å². The standard InChI is InChI=1S/C26H35N3O2S/c1-29-15-13-21(14-16-29)31-25(26-27-23-11-4-5-12-24(23)28-26)20-9-8-10-22(19-20)32-18-7-3-2-6-17-30/h4-5,8-12,19,21,25,30H,2-3,6-7,13-18H2,1H3,(H,27,28). The minimum absolute atomic E-state index is 0.194. The van der Waals surface area contributed by atoms with E-state index in [0.717, 1.165) is 66.9 Å². The number of fused-ring (bicyclic) bond motifs is 1. The van der Waals surface area contributed by atoms with Crippen LogP contribution in [0.3, 0.4) is 0 Å². The van der Waals surface area contributed by atoms with Crippen molar-refractivity contribution in [1.82, 2.24) is 14.9 Å². The van der Waals surface area contributed by atoms with Crippen molar-refractivity contribution in [3.63, 3.8) is 0 Å². The van der Waals surface area contributed by atoms with E-state index >= 15 is 0 Å². The van der Waals surface area contributed by atoms with Crippen molar-refractivity contribution < 1.29 is 9.84 Å². The Balaban J connectivity index is 1.50. The molecule has 1 fully saturated rings. The summed E-state index contributed by atoms with van der Waals surface area (Å²) >= 11 is 1.90. The molecule has 0 aliphatic carbocycles. The number of para-hydroxylation sites is 2. The number of piperidine rings is 1. The van der Waals surface area contributed by atoms with E-state index in [1.54, 1.807) is 0 Å². The maximum atomic E-state index is 8.93. The smallest absolute Gasteiger partial charge is 0.141 e. The normalized spacial score (nSPS) is 16.6. The van der Waals surface area contributed by atoms with Crippen LogP contribution in [0.2, 0.25) is 0 Å². The lowest BCUT2D eigenvalue weighted by atomic mass is 10.1. The maximum absolute atomic E-state index is 8.93. The summed E-state index contributed by atoms with van der Waals surface area (Å²) in [5, 5.41) is 8.93. The molecule has 1 atom stereocenters. The van der Waals surface area contributed by atoms with Crippen molar-refractivity contribution >= 4 is 22.8 Å². The van der Waals surface area contributed by atoms with Gasteiger partial charge < -0.3 is 19.7 Å². The minimum atomic E-state index is -0.194. The molecule has 0 bridgehead atoms. The molecular weight excluding hydrogens is 418 g/mol. The first kappa shape index (κ1) is 23.3. The quantitative estimate of drug-likeness (QED) is 0.300. The molecule has 2 N–H and O–H groups in total. The van der Waals surface area contributed by atoms with E-state index in [2.05, 4.69) is 47.3 Å². The molecule has 1 unspecified atom stereocenters. The fourth-order valence-corrected chi connectivity index (χ4v) is 5.21. The van der Waals surface area contributed by atoms with Crippen LogP contribution >= 0.6 is 11.8 Å². The van der Waals surface area contributed by atoms with Crippen LogP contribution in [0.15, 0.2) is 53.4 Å². The van der Waals surface area contributed by atoms with Crippen molar-refractivity contribution in [2.24, 2.45) is 0 Å². The van der Waals surface area contributed by atoms with Crippen molar-refractivity contribution in [3.8, 4) is 0 Å². The van der Waals surface area contributed by atoms with Gasteiger partial charge in [-0.05, 0) is 68.3 Å². The van der Waals surface area contributed by atoms with Gasteiger partial charge in [0.1, 0.15) is 11.9 Å². The molecule has 172 valence electrons. The third-order valence-electron chi connectivity index (χ3n) is 6.13. The van der Waals surface area contributed by atoms with Gasteiger partial charge in [-0.25, -0.2) is 4.98 Å². The van der Waals surface area contributed by atoms with E-state index in [-0.39, 0.29) is 12.2 Å². The SMILES string of the molecule is CN1CCC(OC(c2cccc(SCCCCCCO)c2)c2nc3ccccc3[nH]2)CC1. The van der Waals surface area contributed by atoms with Crippen LogP contribution in [0.25, 0.3) is 11.0 Å². The van der Waals surface area contributed by atoms with Crippen molar-refractivity contribution in [2.75, 3.05) is 32.5 Å². The summed E-state index contributed by atoms with van der Waals surface area (Å²) in [6.07, 6.45) is 6.52. The van der Waals surface area contributed by atoms with Crippen LogP contribution in [0.1, 0.15) is 56.0 Å². The zero-order valence-corrected chi connectivity index (χ0v) is 19.8. The number of unbranched alkanes of at least 4 members (excludes halogenated alkanes) is 3. The third-order valence-corrected chi connectivity index (χ3v) is 7.21. The largest absolute Gasteiger partial charge is 0.396 e. The van der Waals surface area contributed by atoms with Crippen LogP contribution in [0.5, 0.6) is 0 Å². The molecule has 2 aromatic carbocycles. The van der Waals surface area contributed by atoms with Crippen molar-refractivity contribution in [3.05, 3.63) is 59.9 Å². The number of H-pyrrole nitrogens is 1. The summed E-state index contributed by atoms with van der Waals surface area (Å²) in [7, 11) is 2.18. The number of hydrogen-bond donors (Lipinski definition) is 2. The zero-order chi connectivity index (χ0) is 22.2. The van der Waals surface area contributed by atoms with Gasteiger partial charge in [-0.2, -0.15) is 0 Å². The number of ether oxygens (including phenoxy) is 1. The first-order valence-electron chi connectivity index (χ1n) is 11.8. The van der Waals surface area contributed by atoms with Crippen LogP contribution in [0.4, 0.5) is 0 Å². The fraction of sp³-hybridized carbons (Fsp3) is 0.500. The molecule has 1 aliphatic heterocycles. The first-order valence-corrected chi connectivity index (χ1v) is 12.8. The highest BCUT2D eigenvalue weighted by Crippen LogP contribution is 2.32. The van der Waals surface area contributed by atoms with Crippen molar-refractivity contribution in [1.29, 1.82) is 0 Å². The van der Waals surface area contributed by atoms with Gasteiger partial charge in [0.25, 0.3) is 0 Å². The average molecular weight is 454 g/mol. The highest BCUT2D eigenvalue weighted by Gasteiger charge is 2.26. The second-order valence-electron chi connectivity index (χ2n) is 8.72. The number of nitrogens with zero attached hydrogens (tertiary/aromatic N) is 2. The monoisotopic (exact) mass is 453 g/mol. The summed E-state index contributed by atoms with van der Waals surface area (Å²) in [6.45, 7) is 2.45. The predicted octanol–water partition coefficient (Wildman–Crippen LogP) is 5.41. The summed E-state index contributed by atoms with van der Waals surface area (Å²) in [4.78, 5) is 12.0. The lowest BCUT2D eigenvalue weighted by Crippen LogP contribution is -2.35. The van der Waals surface area contributed by atoms with Gasteiger partial charge in [-0.1, -0.05) is 37.1 Å². The molecule has 1 saturated heterocycles. The number of aromatic amines is 1. The Labute approximate surface area is 195 Å². The molecule has 4 rings (SSSR count). The molecule has 6 heteroatoms. The van der Waals surface area contributed by atoms with Crippen LogP contribution in [-0.2, 0) is 4.74 Å². The lowest BCUT2D eigenvalue weighted by Gasteiger charge is -2.31. The molecular formula is C26H35N3O2S. The van der Waals surface area contributed by atoms with Gasteiger partial charge in [-0.15, -0.1) is 11.8 Å². The second kappa shape index (κ2) is 11.8. The first-order chi connectivity index (χ1) is 15.7. The van der Waals surface area contributed by atoms with Gasteiger partial charge in [0.05, 0.1) is 17.1 Å². The molecule has 32 heavy (non-hydrogen) atoms. The Morgan fingerprint density at radius 2 is 1.91 bits per heavy atom. The third kappa shape index (κ3) is 6.35. The molecule has 0 saturated carbocycles. The van der Waals surface area contributed by atoms with Gasteiger partial charge in [0, 0.05) is 24.6 Å². The number of likely N-dealkylation sites (tertiary alicyclic amines) is 1. The van der Waals surface area contributed by atoms with Gasteiger partial charge in [0.2, 0.25) is 0 Å². The number of thioether (sulfide) groups is 1. The number of benzene rings is 2. The van der Waals surface area contributed by atoms with Crippen LogP contribution in [-0.4, -0.2) is 58.6 Å². The highest BCUT2D eigenvalue weighted by atomic mass is 32.2. The lowest BCUT2D eigenvalue weighted by molar-refractivity contribution is -0.0264. The Kier molecular flexibility index (Phi) is 8.62. The fourth-order valence-electron chi connectivity index (χ4n) is 4.24. The Bertz CT molecular complexity index is 935. The van der Waals surface area contributed by atoms with E-state index < -0.39 is 0 Å². The Morgan fingerprint density at radius 1 is 1.09 bits per heavy atom. The minimum Gasteiger partial charge on any atom is -0.396 e. The van der Waals surface area contributed by atoms with Gasteiger partial charge >= 0.3 is 0 Å². The number of aliphatic hydroxyl groups excluding tert-OH is 1. The van der Waals surface area contributed by atoms with E-state index in [9.17, 15) is 0 Å². The second-order valence-corrected chi connectivity index (χ2v) is 9.89. The van der Waals surface area contributed by atoms with Crippen molar-refractivity contribution in [2.45, 2.75) is 55.6 Å². The van der Waals surface area contributed by atoms with E-state index in [1.165, 1.54) is 17.7 Å². The summed E-state index contributed by atoms with van der Waals surface area (Å²) < 4.78 is 6.71. The predicted molar refractivity (Wildman–Crippen MR) is 132 cm³/mol. The molecule has 0 spiro atoms. The van der Waals surface area contributed by atoms with Gasteiger partial charge in [-0.3, -0.25) is 0 Å². The molecule has 1 aliphatic rings. The number of nitrogens with one attached hydrogen (secondary N) is 1.